The van der Waals surface area contributed by atoms with Crippen molar-refractivity contribution in [2.75, 3.05) is 24.5 Å². The molecule has 1 fully saturated rings. The maximum Gasteiger partial charge on any atom is 0.264 e. The normalized spacial score (nSPS) is 15.4. The molecule has 174 valence electrons. The van der Waals surface area contributed by atoms with Gasteiger partial charge < -0.3 is 4.74 Å². The molecule has 0 bridgehead atoms. The average molecular weight is 469 g/mol. The monoisotopic (exact) mass is 468 g/mol. The summed E-state index contributed by atoms with van der Waals surface area (Å²) in [5.41, 5.74) is 2.81. The lowest BCUT2D eigenvalue weighted by atomic mass is 10.0. The van der Waals surface area contributed by atoms with Crippen LogP contribution >= 0.6 is 0 Å². The van der Waals surface area contributed by atoms with Crippen LogP contribution in [0.15, 0.2) is 77.7 Å². The third-order valence-corrected chi connectivity index (χ3v) is 8.03. The zero-order valence-corrected chi connectivity index (χ0v) is 19.8. The maximum atomic E-state index is 13.7. The van der Waals surface area contributed by atoms with Gasteiger partial charge in [0.05, 0.1) is 17.7 Å². The van der Waals surface area contributed by atoms with Crippen LogP contribution < -0.4 is 9.04 Å². The molecule has 1 saturated heterocycles. The Morgan fingerprint density at radius 2 is 1.61 bits per heavy atom. The van der Waals surface area contributed by atoms with Crippen LogP contribution in [-0.4, -0.2) is 39.6 Å². The van der Waals surface area contributed by atoms with E-state index in [4.69, 9.17) is 4.74 Å². The second kappa shape index (κ2) is 9.93. The Balaban J connectivity index is 1.57. The van der Waals surface area contributed by atoms with E-state index in [1.54, 1.807) is 7.11 Å². The molecule has 4 rings (SSSR count). The number of aryl methyl sites for hydroxylation is 1. The number of methoxy groups -OCH3 is 1. The standard InChI is InChI=1S/C26H29FN2O3S/c1-20-7-11-23(12-8-20)29(33(30,31)25-13-9-22(27)10-14-25)24-15-17-28(18-16-24)19-21-5-3-4-6-26(21)32-2/h3-14,24H,15-19H2,1-2H3. The van der Waals surface area contributed by atoms with Crippen LogP contribution in [0.2, 0.25) is 0 Å². The van der Waals surface area contributed by atoms with Crippen LogP contribution in [0.4, 0.5) is 10.1 Å². The Bertz CT molecular complexity index is 1170. The summed E-state index contributed by atoms with van der Waals surface area (Å²) in [4.78, 5) is 2.42. The summed E-state index contributed by atoms with van der Waals surface area (Å²) < 4.78 is 47.8. The first-order valence-corrected chi connectivity index (χ1v) is 12.5. The highest BCUT2D eigenvalue weighted by atomic mass is 32.2. The average Bonchev–Trinajstić information content (AvgIpc) is 2.82. The topological polar surface area (TPSA) is 49.9 Å². The lowest BCUT2D eigenvalue weighted by Gasteiger charge is -2.39. The van der Waals surface area contributed by atoms with E-state index in [1.807, 2.05) is 49.4 Å². The number of ether oxygens (including phenoxy) is 1. The minimum absolute atomic E-state index is 0.0981. The van der Waals surface area contributed by atoms with Crippen LogP contribution in [0.1, 0.15) is 24.0 Å². The number of hydrogen-bond acceptors (Lipinski definition) is 4. The molecule has 33 heavy (non-hydrogen) atoms. The van der Waals surface area contributed by atoms with Crippen molar-refractivity contribution >= 4 is 15.7 Å². The van der Waals surface area contributed by atoms with Gasteiger partial charge >= 0.3 is 0 Å². The lowest BCUT2D eigenvalue weighted by molar-refractivity contribution is 0.204. The van der Waals surface area contributed by atoms with Crippen molar-refractivity contribution < 1.29 is 17.5 Å². The minimum atomic E-state index is -3.84. The number of para-hydroxylation sites is 1. The van der Waals surface area contributed by atoms with Crippen LogP contribution in [-0.2, 0) is 16.6 Å². The van der Waals surface area contributed by atoms with Gasteiger partial charge in [0.15, 0.2) is 0 Å². The van der Waals surface area contributed by atoms with Gasteiger partial charge in [-0.05, 0) is 62.2 Å². The van der Waals surface area contributed by atoms with E-state index in [1.165, 1.54) is 28.6 Å². The molecule has 3 aromatic carbocycles. The van der Waals surface area contributed by atoms with Gasteiger partial charge in [0.2, 0.25) is 0 Å². The number of halogens is 1. The summed E-state index contributed by atoms with van der Waals surface area (Å²) in [5.74, 6) is 0.403. The molecule has 1 aliphatic heterocycles. The summed E-state index contributed by atoms with van der Waals surface area (Å²) in [6.45, 7) is 4.26. The zero-order valence-electron chi connectivity index (χ0n) is 18.9. The Morgan fingerprint density at radius 1 is 0.970 bits per heavy atom. The fourth-order valence-corrected chi connectivity index (χ4v) is 6.05. The number of hydrogen-bond donors (Lipinski definition) is 0. The van der Waals surface area contributed by atoms with E-state index in [0.717, 1.165) is 36.5 Å². The summed E-state index contributed by atoms with van der Waals surface area (Å²) in [5, 5.41) is 0. The highest BCUT2D eigenvalue weighted by Gasteiger charge is 2.34. The van der Waals surface area contributed by atoms with E-state index in [9.17, 15) is 12.8 Å². The predicted octanol–water partition coefficient (Wildman–Crippen LogP) is 5.00. The number of benzene rings is 3. The molecule has 5 nitrogen and oxygen atoms in total. The third-order valence-electron chi connectivity index (χ3n) is 6.13. The molecular formula is C26H29FN2O3S. The Kier molecular flexibility index (Phi) is 7.00. The Hall–Kier alpha value is -2.90. The molecule has 0 aromatic heterocycles. The SMILES string of the molecule is COc1ccccc1CN1CCC(N(c2ccc(C)cc2)S(=O)(=O)c2ccc(F)cc2)CC1. The largest absolute Gasteiger partial charge is 0.496 e. The molecule has 7 heteroatoms. The molecular weight excluding hydrogens is 439 g/mol. The van der Waals surface area contributed by atoms with E-state index >= 15 is 0 Å². The molecule has 0 atom stereocenters. The van der Waals surface area contributed by atoms with Gasteiger partial charge in [-0.2, -0.15) is 0 Å². The van der Waals surface area contributed by atoms with Crippen LogP contribution in [0, 0.1) is 12.7 Å². The van der Waals surface area contributed by atoms with Gasteiger partial charge in [-0.3, -0.25) is 9.21 Å². The zero-order chi connectivity index (χ0) is 23.4. The molecule has 0 amide bonds. The smallest absolute Gasteiger partial charge is 0.264 e. The molecule has 0 N–H and O–H groups in total. The van der Waals surface area contributed by atoms with E-state index in [0.29, 0.717) is 18.5 Å². The number of nitrogens with zero attached hydrogens (tertiary/aromatic N) is 2. The fraction of sp³-hybridized carbons (Fsp3) is 0.308. The first-order valence-electron chi connectivity index (χ1n) is 11.1. The van der Waals surface area contributed by atoms with Gasteiger partial charge in [-0.25, -0.2) is 12.8 Å². The predicted molar refractivity (Wildman–Crippen MR) is 129 cm³/mol. The first-order chi connectivity index (χ1) is 15.9. The molecule has 0 saturated carbocycles. The quantitative estimate of drug-likeness (QED) is 0.490. The van der Waals surface area contributed by atoms with Crippen LogP contribution in [0.5, 0.6) is 5.75 Å². The second-order valence-corrected chi connectivity index (χ2v) is 10.2. The second-order valence-electron chi connectivity index (χ2n) is 8.41. The van der Waals surface area contributed by atoms with E-state index < -0.39 is 15.8 Å². The molecule has 0 radical (unpaired) electrons. The van der Waals surface area contributed by atoms with Crippen molar-refractivity contribution in [2.45, 2.75) is 37.2 Å². The number of anilines is 1. The molecule has 0 unspecified atom stereocenters. The highest BCUT2D eigenvalue weighted by molar-refractivity contribution is 7.92. The lowest BCUT2D eigenvalue weighted by Crippen LogP contribution is -2.47. The molecule has 0 aliphatic carbocycles. The van der Waals surface area contributed by atoms with Gasteiger partial charge in [-0.1, -0.05) is 35.9 Å². The van der Waals surface area contributed by atoms with Crippen molar-refractivity contribution in [1.29, 1.82) is 0 Å². The van der Waals surface area contributed by atoms with Crippen molar-refractivity contribution in [1.82, 2.24) is 4.90 Å². The van der Waals surface area contributed by atoms with Crippen molar-refractivity contribution in [3.8, 4) is 5.75 Å². The summed E-state index contributed by atoms with van der Waals surface area (Å²) in [7, 11) is -2.17. The van der Waals surface area contributed by atoms with Gasteiger partial charge in [0, 0.05) is 31.2 Å². The van der Waals surface area contributed by atoms with Gasteiger partial charge in [0.25, 0.3) is 10.0 Å². The minimum Gasteiger partial charge on any atom is -0.496 e. The highest BCUT2D eigenvalue weighted by Crippen LogP contribution is 2.31. The number of rotatable bonds is 7. The fourth-order valence-electron chi connectivity index (χ4n) is 4.34. The van der Waals surface area contributed by atoms with Crippen LogP contribution in [0.25, 0.3) is 0 Å². The third kappa shape index (κ3) is 5.20. The Morgan fingerprint density at radius 3 is 2.24 bits per heavy atom. The van der Waals surface area contributed by atoms with Gasteiger partial charge in [0.1, 0.15) is 11.6 Å². The van der Waals surface area contributed by atoms with Crippen molar-refractivity contribution in [3.63, 3.8) is 0 Å². The molecule has 3 aromatic rings. The van der Waals surface area contributed by atoms with Crippen molar-refractivity contribution in [3.05, 3.63) is 89.7 Å². The first kappa shape index (κ1) is 23.3. The van der Waals surface area contributed by atoms with Crippen LogP contribution in [0.3, 0.4) is 0 Å². The number of sulfonamides is 1. The maximum absolute atomic E-state index is 13.7. The molecule has 0 spiro atoms. The summed E-state index contributed by atoms with van der Waals surface area (Å²) in [6.07, 6.45) is 1.40. The summed E-state index contributed by atoms with van der Waals surface area (Å²) in [6, 6.07) is 20.4. The molecule has 1 aliphatic rings. The number of likely N-dealkylation sites (tertiary alicyclic amines) is 1. The number of piperidine rings is 1. The van der Waals surface area contributed by atoms with Crippen molar-refractivity contribution in [2.24, 2.45) is 0 Å². The van der Waals surface area contributed by atoms with E-state index in [2.05, 4.69) is 11.0 Å². The summed E-state index contributed by atoms with van der Waals surface area (Å²) >= 11 is 0. The molecule has 1 heterocycles. The van der Waals surface area contributed by atoms with Gasteiger partial charge in [-0.15, -0.1) is 0 Å². The van der Waals surface area contributed by atoms with E-state index in [-0.39, 0.29) is 10.9 Å². The Labute approximate surface area is 195 Å².